The van der Waals surface area contributed by atoms with E-state index in [4.69, 9.17) is 0 Å². The van der Waals surface area contributed by atoms with Gasteiger partial charge in [-0.1, -0.05) is 6.92 Å². The Morgan fingerprint density at radius 2 is 2.10 bits per heavy atom. The minimum absolute atomic E-state index is 0.491. The second-order valence-electron chi connectivity index (χ2n) is 4.12. The maximum Gasteiger partial charge on any atom is 0.0791 e. The molecule has 1 rings (SSSR count). The van der Waals surface area contributed by atoms with Crippen LogP contribution in [0, 0.1) is 5.92 Å². The summed E-state index contributed by atoms with van der Waals surface area (Å²) in [6.07, 6.45) is 2.83. The van der Waals surface area contributed by atoms with Crippen LogP contribution in [0.2, 0.25) is 0 Å². The molecule has 0 bridgehead atoms. The van der Waals surface area contributed by atoms with Gasteiger partial charge in [-0.15, -0.1) is 0 Å². The van der Waals surface area contributed by atoms with Crippen LogP contribution in [0.3, 0.4) is 0 Å². The van der Waals surface area contributed by atoms with E-state index in [0.717, 1.165) is 5.92 Å². The van der Waals surface area contributed by atoms with Crippen LogP contribution in [-0.4, -0.2) is 27.1 Å². The zero-order valence-electron chi connectivity index (χ0n) is 7.65. The molecule has 0 aromatic rings. The predicted molar refractivity (Wildman–Crippen MR) is 49.1 cm³/mol. The highest BCUT2D eigenvalue weighted by molar-refractivity contribution is 6.04. The standard InChI is InChI=1S/C8H19NSi/c1-7-5-4-6-9(10)8(7,2)3/h7H,4-6H2,1-3,10H3. The Morgan fingerprint density at radius 1 is 1.50 bits per heavy atom. The summed E-state index contributed by atoms with van der Waals surface area (Å²) in [7, 11) is 1.23. The molecule has 1 nitrogen and oxygen atoms in total. The molecule has 1 aliphatic heterocycles. The first-order valence-electron chi connectivity index (χ1n) is 4.26. The first-order valence-corrected chi connectivity index (χ1v) is 5.16. The molecule has 0 aromatic heterocycles. The van der Waals surface area contributed by atoms with E-state index in [1.54, 1.807) is 0 Å². The largest absolute Gasteiger partial charge is 0.327 e. The Balaban J connectivity index is 2.63. The van der Waals surface area contributed by atoms with E-state index in [2.05, 4.69) is 25.3 Å². The van der Waals surface area contributed by atoms with Crippen molar-refractivity contribution in [3.05, 3.63) is 0 Å². The zero-order chi connectivity index (χ0) is 7.78. The fourth-order valence-electron chi connectivity index (χ4n) is 1.65. The molecule has 0 radical (unpaired) electrons. The maximum absolute atomic E-state index is 2.61. The summed E-state index contributed by atoms with van der Waals surface area (Å²) in [6.45, 7) is 8.47. The normalized spacial score (nSPS) is 34.5. The molecular weight excluding hydrogens is 138 g/mol. The Bertz CT molecular complexity index is 110. The van der Waals surface area contributed by atoms with Crippen molar-refractivity contribution in [1.82, 2.24) is 4.57 Å². The minimum atomic E-state index is 0.491. The highest BCUT2D eigenvalue weighted by Crippen LogP contribution is 2.30. The highest BCUT2D eigenvalue weighted by atomic mass is 28.2. The molecule has 0 spiro atoms. The second-order valence-corrected chi connectivity index (χ2v) is 5.20. The number of hydrogen-bond acceptors (Lipinski definition) is 1. The third kappa shape index (κ3) is 1.27. The van der Waals surface area contributed by atoms with Crippen LogP contribution in [0.4, 0.5) is 0 Å². The molecule has 0 aromatic carbocycles. The molecule has 0 saturated carbocycles. The molecule has 1 unspecified atom stereocenters. The lowest BCUT2D eigenvalue weighted by Gasteiger charge is -2.45. The summed E-state index contributed by atoms with van der Waals surface area (Å²) < 4.78 is 2.61. The lowest BCUT2D eigenvalue weighted by atomic mass is 9.82. The average molecular weight is 157 g/mol. The van der Waals surface area contributed by atoms with Crippen molar-refractivity contribution in [2.24, 2.45) is 5.92 Å². The van der Waals surface area contributed by atoms with Gasteiger partial charge in [-0.3, -0.25) is 0 Å². The van der Waals surface area contributed by atoms with Gasteiger partial charge in [0.1, 0.15) is 0 Å². The maximum atomic E-state index is 2.61. The van der Waals surface area contributed by atoms with Crippen LogP contribution in [0.15, 0.2) is 0 Å². The lowest BCUT2D eigenvalue weighted by molar-refractivity contribution is 0.109. The monoisotopic (exact) mass is 157 g/mol. The van der Waals surface area contributed by atoms with Crippen LogP contribution in [-0.2, 0) is 0 Å². The van der Waals surface area contributed by atoms with Gasteiger partial charge < -0.3 is 4.57 Å². The van der Waals surface area contributed by atoms with E-state index >= 15 is 0 Å². The summed E-state index contributed by atoms with van der Waals surface area (Å²) in [5, 5.41) is 0. The lowest BCUT2D eigenvalue weighted by Crippen LogP contribution is -2.50. The SMILES string of the molecule is CC1CCCN([SiH3])C1(C)C. The Hall–Kier alpha value is 0.177. The first kappa shape index (κ1) is 8.28. The molecule has 0 amide bonds. The molecule has 10 heavy (non-hydrogen) atoms. The van der Waals surface area contributed by atoms with Crippen molar-refractivity contribution >= 4 is 10.4 Å². The molecule has 0 N–H and O–H groups in total. The van der Waals surface area contributed by atoms with E-state index in [0.29, 0.717) is 5.54 Å². The summed E-state index contributed by atoms with van der Waals surface area (Å²) in [6, 6.07) is 0. The Kier molecular flexibility index (Phi) is 2.20. The van der Waals surface area contributed by atoms with E-state index in [1.807, 2.05) is 0 Å². The molecule has 1 saturated heterocycles. The van der Waals surface area contributed by atoms with E-state index in [9.17, 15) is 0 Å². The molecule has 2 heteroatoms. The first-order chi connectivity index (χ1) is 4.55. The number of hydrogen-bond donors (Lipinski definition) is 0. The molecule has 1 atom stereocenters. The summed E-state index contributed by atoms with van der Waals surface area (Å²) >= 11 is 0. The van der Waals surface area contributed by atoms with Crippen molar-refractivity contribution in [2.75, 3.05) is 6.54 Å². The summed E-state index contributed by atoms with van der Waals surface area (Å²) in [5.74, 6) is 0.888. The highest BCUT2D eigenvalue weighted by Gasteiger charge is 2.32. The zero-order valence-corrected chi connectivity index (χ0v) is 9.65. The molecule has 60 valence electrons. The second kappa shape index (κ2) is 2.66. The van der Waals surface area contributed by atoms with E-state index in [-0.39, 0.29) is 0 Å². The van der Waals surface area contributed by atoms with Gasteiger partial charge in [-0.05, 0) is 39.2 Å². The quantitative estimate of drug-likeness (QED) is 0.470. The summed E-state index contributed by atoms with van der Waals surface area (Å²) in [4.78, 5) is 0. The van der Waals surface area contributed by atoms with Gasteiger partial charge in [0.15, 0.2) is 0 Å². The fourth-order valence-corrected chi connectivity index (χ4v) is 2.41. The minimum Gasteiger partial charge on any atom is -0.327 e. The van der Waals surface area contributed by atoms with Crippen molar-refractivity contribution in [2.45, 2.75) is 39.2 Å². The Labute approximate surface area is 67.3 Å². The topological polar surface area (TPSA) is 3.24 Å². The van der Waals surface area contributed by atoms with Crippen molar-refractivity contribution in [3.63, 3.8) is 0 Å². The van der Waals surface area contributed by atoms with Crippen LogP contribution in [0.25, 0.3) is 0 Å². The molecule has 1 fully saturated rings. The number of nitrogens with zero attached hydrogens (tertiary/aromatic N) is 1. The summed E-state index contributed by atoms with van der Waals surface area (Å²) in [5.41, 5.74) is 0.491. The molecule has 0 aliphatic carbocycles. The third-order valence-electron chi connectivity index (χ3n) is 3.32. The van der Waals surface area contributed by atoms with Crippen LogP contribution in [0.5, 0.6) is 0 Å². The number of rotatable bonds is 0. The van der Waals surface area contributed by atoms with Gasteiger partial charge in [0, 0.05) is 5.54 Å². The van der Waals surface area contributed by atoms with Gasteiger partial charge in [0.2, 0.25) is 0 Å². The Morgan fingerprint density at radius 3 is 2.50 bits per heavy atom. The van der Waals surface area contributed by atoms with Crippen LogP contribution in [0.1, 0.15) is 33.6 Å². The molecular formula is C8H19NSi. The van der Waals surface area contributed by atoms with Gasteiger partial charge in [0.25, 0.3) is 0 Å². The molecule has 1 heterocycles. The van der Waals surface area contributed by atoms with Crippen molar-refractivity contribution < 1.29 is 0 Å². The number of piperidine rings is 1. The van der Waals surface area contributed by atoms with Gasteiger partial charge in [-0.2, -0.15) is 0 Å². The predicted octanol–water partition coefficient (Wildman–Crippen LogP) is 0.777. The van der Waals surface area contributed by atoms with Crippen molar-refractivity contribution in [1.29, 1.82) is 0 Å². The van der Waals surface area contributed by atoms with Crippen LogP contribution < -0.4 is 0 Å². The molecule has 1 aliphatic rings. The fraction of sp³-hybridized carbons (Fsp3) is 1.00. The smallest absolute Gasteiger partial charge is 0.0791 e. The van der Waals surface area contributed by atoms with Gasteiger partial charge in [-0.25, -0.2) is 0 Å². The average Bonchev–Trinajstić information content (AvgIpc) is 1.84. The van der Waals surface area contributed by atoms with Crippen molar-refractivity contribution in [3.8, 4) is 0 Å². The van der Waals surface area contributed by atoms with E-state index < -0.39 is 0 Å². The van der Waals surface area contributed by atoms with Crippen LogP contribution >= 0.6 is 0 Å². The van der Waals surface area contributed by atoms with E-state index in [1.165, 1.54) is 29.8 Å². The third-order valence-corrected chi connectivity index (χ3v) is 4.92. The van der Waals surface area contributed by atoms with Gasteiger partial charge in [0.05, 0.1) is 10.4 Å². The van der Waals surface area contributed by atoms with Gasteiger partial charge >= 0.3 is 0 Å².